The van der Waals surface area contributed by atoms with E-state index in [0.717, 1.165) is 0 Å². The lowest BCUT2D eigenvalue weighted by atomic mass is 9.72. The molecule has 3 saturated heterocycles. The first-order valence-electron chi connectivity index (χ1n) is 12.4. The van der Waals surface area contributed by atoms with Crippen LogP contribution in [-0.4, -0.2) is 52.3 Å². The maximum Gasteiger partial charge on any atom is 0.414 e. The van der Waals surface area contributed by atoms with Crippen LogP contribution in [0.15, 0.2) is 84.9 Å². The van der Waals surface area contributed by atoms with Crippen molar-refractivity contribution in [2.75, 3.05) is 13.1 Å². The topological polar surface area (TPSA) is 87.1 Å². The molecule has 6 rings (SSSR count). The second kappa shape index (κ2) is 12.0. The van der Waals surface area contributed by atoms with Crippen molar-refractivity contribution in [2.24, 2.45) is 5.92 Å². The number of hydrogen-bond donors (Lipinski definition) is 2. The summed E-state index contributed by atoms with van der Waals surface area (Å²) in [6.45, 7) is 5.27. The van der Waals surface area contributed by atoms with Crippen molar-refractivity contribution in [2.45, 2.75) is 44.4 Å². The van der Waals surface area contributed by atoms with Crippen molar-refractivity contribution in [3.05, 3.63) is 107 Å². The van der Waals surface area contributed by atoms with Gasteiger partial charge in [-0.2, -0.15) is 0 Å². The van der Waals surface area contributed by atoms with Gasteiger partial charge in [-0.1, -0.05) is 84.9 Å². The zero-order valence-electron chi connectivity index (χ0n) is 20.5. The van der Waals surface area contributed by atoms with Crippen LogP contribution in [-0.2, 0) is 20.9 Å². The summed E-state index contributed by atoms with van der Waals surface area (Å²) in [6.07, 6.45) is 2.77. The van der Waals surface area contributed by atoms with E-state index in [1.54, 1.807) is 0 Å². The third kappa shape index (κ3) is 6.01. The van der Waals surface area contributed by atoms with Crippen LogP contribution < -0.4 is 0 Å². The van der Waals surface area contributed by atoms with Crippen molar-refractivity contribution in [1.82, 2.24) is 4.90 Å². The Kier molecular flexibility index (Phi) is 8.52. The summed E-state index contributed by atoms with van der Waals surface area (Å²) < 4.78 is 6.78. The second-order valence-electron chi connectivity index (χ2n) is 9.48. The molecular weight excluding hydrogens is 454 g/mol. The number of aryl methyl sites for hydroxylation is 1. The normalized spacial score (nSPS) is 22.5. The Morgan fingerprint density at radius 3 is 1.83 bits per heavy atom. The lowest BCUT2D eigenvalue weighted by molar-refractivity contribution is -0.159. The van der Waals surface area contributed by atoms with Crippen LogP contribution in [0.1, 0.15) is 41.0 Å². The summed E-state index contributed by atoms with van der Waals surface area (Å²) in [5, 5.41) is 14.8. The highest BCUT2D eigenvalue weighted by molar-refractivity contribution is 6.27. The predicted molar refractivity (Wildman–Crippen MR) is 138 cm³/mol. The van der Waals surface area contributed by atoms with Gasteiger partial charge in [0.15, 0.2) is 0 Å². The van der Waals surface area contributed by atoms with Gasteiger partial charge >= 0.3 is 11.9 Å². The maximum absolute atomic E-state index is 9.10. The van der Waals surface area contributed by atoms with Gasteiger partial charge in [0.25, 0.3) is 0 Å². The van der Waals surface area contributed by atoms with Gasteiger partial charge in [-0.15, -0.1) is 0 Å². The van der Waals surface area contributed by atoms with Crippen LogP contribution in [0.4, 0.5) is 0 Å². The first-order chi connectivity index (χ1) is 17.5. The van der Waals surface area contributed by atoms with E-state index >= 15 is 0 Å². The number of carboxylic acid groups (broad SMARTS) is 2. The molecule has 36 heavy (non-hydrogen) atoms. The molecule has 0 radical (unpaired) electrons. The number of hydrogen-bond acceptors (Lipinski definition) is 4. The Morgan fingerprint density at radius 1 is 0.833 bits per heavy atom. The highest BCUT2D eigenvalue weighted by Gasteiger charge is 2.47. The highest BCUT2D eigenvalue weighted by atomic mass is 16.5. The smallest absolute Gasteiger partial charge is 0.414 e. The summed E-state index contributed by atoms with van der Waals surface area (Å²) in [6, 6.07) is 31.1. The number of piperidine rings is 3. The maximum atomic E-state index is 9.10. The minimum Gasteiger partial charge on any atom is -0.473 e. The van der Waals surface area contributed by atoms with E-state index in [2.05, 4.69) is 96.8 Å². The molecule has 0 amide bonds. The molecule has 2 N–H and O–H groups in total. The zero-order valence-corrected chi connectivity index (χ0v) is 20.5. The molecule has 6 heteroatoms. The molecule has 3 aromatic carbocycles. The van der Waals surface area contributed by atoms with E-state index in [4.69, 9.17) is 24.5 Å². The number of aliphatic carboxylic acids is 2. The fourth-order valence-electron chi connectivity index (χ4n) is 5.53. The van der Waals surface area contributed by atoms with Crippen molar-refractivity contribution >= 4 is 11.9 Å². The molecule has 2 unspecified atom stereocenters. The largest absolute Gasteiger partial charge is 0.473 e. The van der Waals surface area contributed by atoms with Crippen molar-refractivity contribution in [3.8, 4) is 0 Å². The molecule has 0 aliphatic carbocycles. The van der Waals surface area contributed by atoms with Crippen molar-refractivity contribution in [1.29, 1.82) is 0 Å². The van der Waals surface area contributed by atoms with E-state index in [1.165, 1.54) is 48.2 Å². The van der Waals surface area contributed by atoms with Gasteiger partial charge < -0.3 is 14.9 Å². The van der Waals surface area contributed by atoms with Gasteiger partial charge in [0, 0.05) is 12.0 Å². The van der Waals surface area contributed by atoms with Crippen LogP contribution in [0.2, 0.25) is 0 Å². The van der Waals surface area contributed by atoms with Crippen LogP contribution >= 0.6 is 0 Å². The third-order valence-electron chi connectivity index (χ3n) is 7.33. The summed E-state index contributed by atoms with van der Waals surface area (Å²) in [7, 11) is 0. The molecule has 3 aromatic rings. The summed E-state index contributed by atoms with van der Waals surface area (Å²) >= 11 is 0. The van der Waals surface area contributed by atoms with Gasteiger partial charge in [-0.3, -0.25) is 4.90 Å². The lowest BCUT2D eigenvalue weighted by Crippen LogP contribution is -2.60. The summed E-state index contributed by atoms with van der Waals surface area (Å²) in [5.41, 5.74) is 5.41. The SMILES string of the molecule is Cc1ccccc1COC1C2CCN(CC2)C1C(c1ccccc1)c1ccccc1.O=C(O)C(=O)O. The Morgan fingerprint density at radius 2 is 1.33 bits per heavy atom. The number of nitrogens with zero attached hydrogens (tertiary/aromatic N) is 1. The molecular formula is C30H33NO5. The van der Waals surface area contributed by atoms with E-state index in [-0.39, 0.29) is 6.10 Å². The Bertz CT molecular complexity index is 1090. The van der Waals surface area contributed by atoms with E-state index < -0.39 is 11.9 Å². The molecule has 0 aromatic heterocycles. The zero-order chi connectivity index (χ0) is 25.5. The fourth-order valence-corrected chi connectivity index (χ4v) is 5.53. The Balaban J connectivity index is 0.000000455. The quantitative estimate of drug-likeness (QED) is 0.478. The van der Waals surface area contributed by atoms with Gasteiger partial charge in [0.2, 0.25) is 0 Å². The van der Waals surface area contributed by atoms with Gasteiger partial charge in [0.05, 0.1) is 12.7 Å². The minimum atomic E-state index is -1.82. The van der Waals surface area contributed by atoms with Gasteiger partial charge in [-0.05, 0) is 61.0 Å². The third-order valence-corrected chi connectivity index (χ3v) is 7.33. The number of carboxylic acids is 2. The molecule has 3 fully saturated rings. The molecule has 6 nitrogen and oxygen atoms in total. The monoisotopic (exact) mass is 487 g/mol. The van der Waals surface area contributed by atoms with Crippen molar-refractivity contribution in [3.63, 3.8) is 0 Å². The van der Waals surface area contributed by atoms with Gasteiger partial charge in [0.1, 0.15) is 0 Å². The van der Waals surface area contributed by atoms with Crippen LogP contribution in [0, 0.1) is 12.8 Å². The van der Waals surface area contributed by atoms with Gasteiger partial charge in [-0.25, -0.2) is 9.59 Å². The second-order valence-corrected chi connectivity index (χ2v) is 9.48. The minimum absolute atomic E-state index is 0.262. The van der Waals surface area contributed by atoms with E-state index in [0.29, 0.717) is 24.5 Å². The van der Waals surface area contributed by atoms with Crippen LogP contribution in [0.25, 0.3) is 0 Å². The standard InChI is InChI=1S/C28H31NO.C2H2O4/c1-21-10-8-9-15-25(21)20-30-28-24-16-18-29(19-17-24)27(28)26(22-11-4-2-5-12-22)23-13-6-3-7-14-23;3-1(4)2(5)6/h2-15,24,26-28H,16-20H2,1H3;(H,3,4)(H,5,6). The molecule has 0 spiro atoms. The fraction of sp³-hybridized carbons (Fsp3) is 0.333. The highest BCUT2D eigenvalue weighted by Crippen LogP contribution is 2.43. The Labute approximate surface area is 212 Å². The lowest BCUT2D eigenvalue weighted by Gasteiger charge is -2.53. The van der Waals surface area contributed by atoms with Crippen molar-refractivity contribution < 1.29 is 24.5 Å². The first kappa shape index (κ1) is 25.6. The van der Waals surface area contributed by atoms with Crippen LogP contribution in [0.5, 0.6) is 0 Å². The average Bonchev–Trinajstić information content (AvgIpc) is 2.91. The number of ether oxygens (including phenoxy) is 1. The summed E-state index contributed by atoms with van der Waals surface area (Å²) in [5.74, 6) is -2.67. The molecule has 188 valence electrons. The molecule has 3 aliphatic heterocycles. The number of benzene rings is 3. The molecule has 2 bridgehead atoms. The number of fused-ring (bicyclic) bond motifs is 3. The average molecular weight is 488 g/mol. The first-order valence-corrected chi connectivity index (χ1v) is 12.4. The molecule has 0 saturated carbocycles. The van der Waals surface area contributed by atoms with E-state index in [1.807, 2.05) is 0 Å². The number of carbonyl (C=O) groups is 2. The predicted octanol–water partition coefficient (Wildman–Crippen LogP) is 4.96. The Hall–Kier alpha value is -3.48. The van der Waals surface area contributed by atoms with E-state index in [9.17, 15) is 0 Å². The molecule has 3 aliphatic rings. The van der Waals surface area contributed by atoms with Crippen LogP contribution in [0.3, 0.4) is 0 Å². The summed E-state index contributed by atoms with van der Waals surface area (Å²) in [4.78, 5) is 20.9. The molecule has 3 heterocycles. The molecule has 2 atom stereocenters. The number of rotatable bonds is 6.